The van der Waals surface area contributed by atoms with Gasteiger partial charge in [-0.25, -0.2) is 0 Å². The fourth-order valence-corrected chi connectivity index (χ4v) is 2.18. The summed E-state index contributed by atoms with van der Waals surface area (Å²) in [6.07, 6.45) is 0. The van der Waals surface area contributed by atoms with E-state index in [1.54, 1.807) is 6.07 Å². The molecule has 17 heavy (non-hydrogen) atoms. The Kier molecular flexibility index (Phi) is 2.64. The molecule has 1 aliphatic rings. The molecule has 88 valence electrons. The number of halogens is 1. The summed E-state index contributed by atoms with van der Waals surface area (Å²) in [6.45, 7) is 1.16. The van der Waals surface area contributed by atoms with Gasteiger partial charge < -0.3 is 14.5 Å². The van der Waals surface area contributed by atoms with Crippen molar-refractivity contribution in [3.05, 3.63) is 34.5 Å². The lowest BCUT2D eigenvalue weighted by atomic mass is 10.2. The van der Waals surface area contributed by atoms with Gasteiger partial charge >= 0.3 is 0 Å². The topological polar surface area (TPSA) is 51.5 Å². The number of para-hydroxylation sites is 1. The normalized spacial score (nSPS) is 15.8. The van der Waals surface area contributed by atoms with Crippen molar-refractivity contribution in [3.8, 4) is 0 Å². The number of hydrogen-bond acceptors (Lipinski definition) is 3. The predicted molar refractivity (Wildman–Crippen MR) is 66.0 cm³/mol. The average molecular weight is 296 g/mol. The van der Waals surface area contributed by atoms with E-state index in [0.29, 0.717) is 24.6 Å². The number of hydrogen-bond donors (Lipinski definition) is 1. The van der Waals surface area contributed by atoms with Gasteiger partial charge in [0.2, 0.25) is 0 Å². The summed E-state index contributed by atoms with van der Waals surface area (Å²) < 4.78 is 11.4. The Morgan fingerprint density at radius 2 is 2.24 bits per heavy atom. The lowest BCUT2D eigenvalue weighted by Crippen LogP contribution is -2.48. The van der Waals surface area contributed by atoms with Gasteiger partial charge in [0.05, 0.1) is 23.7 Å². The van der Waals surface area contributed by atoms with E-state index in [4.69, 9.17) is 9.15 Å². The predicted octanol–water partition coefficient (Wildman–Crippen LogP) is 2.32. The number of ether oxygens (including phenoxy) is 1. The van der Waals surface area contributed by atoms with Gasteiger partial charge in [0.25, 0.3) is 5.91 Å². The van der Waals surface area contributed by atoms with Gasteiger partial charge in [-0.3, -0.25) is 4.79 Å². The van der Waals surface area contributed by atoms with Crippen LogP contribution >= 0.6 is 15.9 Å². The zero-order valence-electron chi connectivity index (χ0n) is 8.90. The molecule has 4 nitrogen and oxygen atoms in total. The third-order valence-electron chi connectivity index (χ3n) is 2.69. The first kappa shape index (κ1) is 10.8. The number of amides is 1. The second-order valence-corrected chi connectivity index (χ2v) is 4.83. The number of benzene rings is 1. The molecule has 1 aromatic heterocycles. The monoisotopic (exact) mass is 295 g/mol. The van der Waals surface area contributed by atoms with Crippen LogP contribution in [0.1, 0.15) is 10.6 Å². The standard InChI is InChI=1S/C12H10BrNO3/c13-9-3-1-2-7-4-10(17-11(7)9)12(15)14-8-5-16-6-8/h1-4,8H,5-6H2,(H,14,15). The van der Waals surface area contributed by atoms with Crippen molar-refractivity contribution in [1.29, 1.82) is 0 Å². The molecule has 0 bridgehead atoms. The van der Waals surface area contributed by atoms with Crippen molar-refractivity contribution in [2.24, 2.45) is 0 Å². The Morgan fingerprint density at radius 3 is 2.88 bits per heavy atom. The molecule has 0 aliphatic carbocycles. The van der Waals surface area contributed by atoms with Crippen molar-refractivity contribution in [2.45, 2.75) is 6.04 Å². The molecule has 1 fully saturated rings. The SMILES string of the molecule is O=C(NC1COC1)c1cc2cccc(Br)c2o1. The van der Waals surface area contributed by atoms with Gasteiger partial charge in [-0.1, -0.05) is 12.1 Å². The second-order valence-electron chi connectivity index (χ2n) is 3.98. The van der Waals surface area contributed by atoms with E-state index in [9.17, 15) is 4.79 Å². The number of fused-ring (bicyclic) bond motifs is 1. The molecule has 0 saturated carbocycles. The highest BCUT2D eigenvalue weighted by Crippen LogP contribution is 2.26. The Labute approximate surface area is 106 Å². The van der Waals surface area contributed by atoms with Crippen LogP contribution in [0, 0.1) is 0 Å². The molecule has 1 amide bonds. The Balaban J connectivity index is 1.89. The van der Waals surface area contributed by atoms with Crippen LogP contribution in [0.5, 0.6) is 0 Å². The van der Waals surface area contributed by atoms with Crippen LogP contribution in [0.15, 0.2) is 33.2 Å². The molecule has 1 aliphatic heterocycles. The van der Waals surface area contributed by atoms with E-state index in [0.717, 1.165) is 9.86 Å². The smallest absolute Gasteiger partial charge is 0.287 e. The van der Waals surface area contributed by atoms with Gasteiger partial charge in [-0.2, -0.15) is 0 Å². The summed E-state index contributed by atoms with van der Waals surface area (Å²) in [5.41, 5.74) is 0.697. The first-order chi connectivity index (χ1) is 8.24. The van der Waals surface area contributed by atoms with E-state index in [-0.39, 0.29) is 11.9 Å². The molecule has 1 aromatic carbocycles. The minimum Gasteiger partial charge on any atom is -0.450 e. The molecule has 2 aromatic rings. The maximum absolute atomic E-state index is 11.9. The zero-order valence-corrected chi connectivity index (χ0v) is 10.5. The number of rotatable bonds is 2. The fourth-order valence-electron chi connectivity index (χ4n) is 1.71. The molecule has 1 saturated heterocycles. The maximum atomic E-state index is 11.9. The van der Waals surface area contributed by atoms with Gasteiger partial charge in [-0.15, -0.1) is 0 Å². The summed E-state index contributed by atoms with van der Waals surface area (Å²) in [7, 11) is 0. The van der Waals surface area contributed by atoms with Crippen LogP contribution in [0.25, 0.3) is 11.0 Å². The maximum Gasteiger partial charge on any atom is 0.287 e. The van der Waals surface area contributed by atoms with E-state index >= 15 is 0 Å². The first-order valence-electron chi connectivity index (χ1n) is 5.31. The summed E-state index contributed by atoms with van der Waals surface area (Å²) in [4.78, 5) is 11.9. The Hall–Kier alpha value is -1.33. The third-order valence-corrected chi connectivity index (χ3v) is 3.32. The van der Waals surface area contributed by atoms with Crippen molar-refractivity contribution in [2.75, 3.05) is 13.2 Å². The van der Waals surface area contributed by atoms with Crippen LogP contribution in [0.4, 0.5) is 0 Å². The van der Waals surface area contributed by atoms with Gasteiger partial charge in [-0.05, 0) is 28.1 Å². The van der Waals surface area contributed by atoms with E-state index in [1.807, 2.05) is 18.2 Å². The number of nitrogens with one attached hydrogen (secondary N) is 1. The molecule has 1 N–H and O–H groups in total. The number of carbonyl (C=O) groups is 1. The minimum absolute atomic E-state index is 0.110. The number of carbonyl (C=O) groups excluding carboxylic acids is 1. The van der Waals surface area contributed by atoms with Crippen LogP contribution in [-0.4, -0.2) is 25.2 Å². The lowest BCUT2D eigenvalue weighted by Gasteiger charge is -2.26. The molecule has 5 heteroatoms. The molecular formula is C12H10BrNO3. The lowest BCUT2D eigenvalue weighted by molar-refractivity contribution is -0.00387. The fraction of sp³-hybridized carbons (Fsp3) is 0.250. The zero-order chi connectivity index (χ0) is 11.8. The number of furan rings is 1. The summed E-state index contributed by atoms with van der Waals surface area (Å²) in [6, 6.07) is 7.55. The van der Waals surface area contributed by atoms with Crippen molar-refractivity contribution < 1.29 is 13.9 Å². The highest BCUT2D eigenvalue weighted by molar-refractivity contribution is 9.10. The first-order valence-corrected chi connectivity index (χ1v) is 6.10. The van der Waals surface area contributed by atoms with Gasteiger partial charge in [0.15, 0.2) is 5.76 Å². The van der Waals surface area contributed by atoms with Crippen molar-refractivity contribution in [3.63, 3.8) is 0 Å². The van der Waals surface area contributed by atoms with E-state index < -0.39 is 0 Å². The molecule has 0 spiro atoms. The van der Waals surface area contributed by atoms with Crippen LogP contribution < -0.4 is 5.32 Å². The van der Waals surface area contributed by atoms with Crippen LogP contribution in [-0.2, 0) is 4.74 Å². The van der Waals surface area contributed by atoms with E-state index in [2.05, 4.69) is 21.2 Å². The quantitative estimate of drug-likeness (QED) is 0.925. The van der Waals surface area contributed by atoms with Crippen LogP contribution in [0.2, 0.25) is 0 Å². The Morgan fingerprint density at radius 1 is 1.41 bits per heavy atom. The average Bonchev–Trinajstić information content (AvgIpc) is 2.68. The van der Waals surface area contributed by atoms with E-state index in [1.165, 1.54) is 0 Å². The highest BCUT2D eigenvalue weighted by atomic mass is 79.9. The summed E-state index contributed by atoms with van der Waals surface area (Å²) >= 11 is 3.39. The van der Waals surface area contributed by atoms with Crippen LogP contribution in [0.3, 0.4) is 0 Å². The molecular weight excluding hydrogens is 286 g/mol. The second kappa shape index (κ2) is 4.16. The molecule has 3 rings (SSSR count). The summed E-state index contributed by atoms with van der Waals surface area (Å²) in [5, 5.41) is 3.75. The van der Waals surface area contributed by atoms with Gasteiger partial charge in [0, 0.05) is 5.39 Å². The molecule has 0 atom stereocenters. The largest absolute Gasteiger partial charge is 0.450 e. The molecule has 0 radical (unpaired) electrons. The minimum atomic E-state index is -0.193. The van der Waals surface area contributed by atoms with Gasteiger partial charge in [0.1, 0.15) is 5.58 Å². The van der Waals surface area contributed by atoms with Crippen molar-refractivity contribution >= 4 is 32.8 Å². The molecule has 0 unspecified atom stereocenters. The molecule has 2 heterocycles. The van der Waals surface area contributed by atoms with Crippen molar-refractivity contribution in [1.82, 2.24) is 5.32 Å². The summed E-state index contributed by atoms with van der Waals surface area (Å²) in [5.74, 6) is 0.139. The highest BCUT2D eigenvalue weighted by Gasteiger charge is 2.23. The Bertz CT molecular complexity index is 574. The third kappa shape index (κ3) is 1.96.